The second kappa shape index (κ2) is 7.68. The van der Waals surface area contributed by atoms with Crippen molar-refractivity contribution in [2.75, 3.05) is 19.8 Å². The van der Waals surface area contributed by atoms with Crippen molar-refractivity contribution in [3.05, 3.63) is 29.8 Å². The summed E-state index contributed by atoms with van der Waals surface area (Å²) in [6.07, 6.45) is 4.55. The lowest BCUT2D eigenvalue weighted by molar-refractivity contribution is -0.0261. The normalized spacial score (nSPS) is 25.7. The van der Waals surface area contributed by atoms with Gasteiger partial charge in [-0.3, -0.25) is 0 Å². The number of para-hydroxylation sites is 1. The van der Waals surface area contributed by atoms with Gasteiger partial charge in [-0.05, 0) is 50.2 Å². The second-order valence-electron chi connectivity index (χ2n) is 6.42. The molecule has 2 aliphatic rings. The number of ether oxygens (including phenoxy) is 2. The van der Waals surface area contributed by atoms with Crippen LogP contribution in [-0.2, 0) is 11.2 Å². The molecule has 1 atom stereocenters. The lowest BCUT2D eigenvalue weighted by Gasteiger charge is -2.35. The Bertz CT molecular complexity index is 529. The van der Waals surface area contributed by atoms with Crippen molar-refractivity contribution < 1.29 is 14.3 Å². The smallest absolute Gasteiger partial charge is 0.315 e. The molecule has 1 aliphatic carbocycles. The molecule has 5 heteroatoms. The first-order valence-corrected chi connectivity index (χ1v) is 8.61. The first-order valence-electron chi connectivity index (χ1n) is 8.61. The predicted molar refractivity (Wildman–Crippen MR) is 88.7 cm³/mol. The van der Waals surface area contributed by atoms with Crippen LogP contribution < -0.4 is 15.4 Å². The highest BCUT2D eigenvalue weighted by atomic mass is 16.5. The third-order valence-electron chi connectivity index (χ3n) is 4.65. The Balaban J connectivity index is 1.32. The molecule has 0 aromatic heterocycles. The van der Waals surface area contributed by atoms with Crippen molar-refractivity contribution in [2.24, 2.45) is 5.92 Å². The number of carbonyl (C=O) groups excluding carboxylic acids is 1. The van der Waals surface area contributed by atoms with Crippen LogP contribution in [0.4, 0.5) is 4.79 Å². The fourth-order valence-corrected chi connectivity index (χ4v) is 3.33. The van der Waals surface area contributed by atoms with E-state index in [-0.39, 0.29) is 12.1 Å². The van der Waals surface area contributed by atoms with Crippen LogP contribution in [0.25, 0.3) is 0 Å². The van der Waals surface area contributed by atoms with Gasteiger partial charge in [-0.2, -0.15) is 0 Å². The zero-order valence-corrected chi connectivity index (χ0v) is 13.7. The summed E-state index contributed by atoms with van der Waals surface area (Å²) in [6, 6.07) is 7.93. The van der Waals surface area contributed by atoms with Gasteiger partial charge in [0.2, 0.25) is 0 Å². The topological polar surface area (TPSA) is 59.6 Å². The van der Waals surface area contributed by atoms with Gasteiger partial charge in [0.1, 0.15) is 12.4 Å². The Hall–Kier alpha value is -1.75. The number of hydrogen-bond acceptors (Lipinski definition) is 3. The number of carbonyl (C=O) groups is 1. The maximum absolute atomic E-state index is 12.0. The number of hydrogen-bond donors (Lipinski definition) is 2. The van der Waals surface area contributed by atoms with Crippen molar-refractivity contribution in [3.63, 3.8) is 0 Å². The largest absolute Gasteiger partial charge is 0.491 e. The third kappa shape index (κ3) is 4.38. The Kier molecular flexibility index (Phi) is 5.39. The van der Waals surface area contributed by atoms with Crippen LogP contribution in [0.15, 0.2) is 24.3 Å². The molecule has 2 N–H and O–H groups in total. The summed E-state index contributed by atoms with van der Waals surface area (Å²) in [5, 5.41) is 5.95. The lowest BCUT2D eigenvalue weighted by Crippen LogP contribution is -2.47. The van der Waals surface area contributed by atoms with Gasteiger partial charge in [-0.1, -0.05) is 18.2 Å². The SMILES string of the molecule is CCOC1CC(CCNC(=O)N[C@@H]2COc3ccccc3C2)C1. The number of urea groups is 1. The van der Waals surface area contributed by atoms with E-state index < -0.39 is 0 Å². The number of fused-ring (bicyclic) bond motifs is 1. The van der Waals surface area contributed by atoms with E-state index in [2.05, 4.69) is 10.6 Å². The standard InChI is InChI=1S/C18H26N2O3/c1-2-22-16-9-13(10-16)7-8-19-18(21)20-15-11-14-5-3-4-6-17(14)23-12-15/h3-6,13,15-16H,2,7-12H2,1H3,(H2,19,20,21)/t13?,15-,16?/m0/s1. The Morgan fingerprint density at radius 1 is 1.35 bits per heavy atom. The molecule has 0 unspecified atom stereocenters. The Morgan fingerprint density at radius 2 is 2.17 bits per heavy atom. The summed E-state index contributed by atoms with van der Waals surface area (Å²) in [5.74, 6) is 1.62. The fraction of sp³-hybridized carbons (Fsp3) is 0.611. The van der Waals surface area contributed by atoms with E-state index >= 15 is 0 Å². The molecule has 0 radical (unpaired) electrons. The molecule has 1 heterocycles. The van der Waals surface area contributed by atoms with Gasteiger partial charge in [-0.15, -0.1) is 0 Å². The maximum atomic E-state index is 12.0. The van der Waals surface area contributed by atoms with Crippen molar-refractivity contribution in [1.82, 2.24) is 10.6 Å². The van der Waals surface area contributed by atoms with E-state index in [9.17, 15) is 4.79 Å². The van der Waals surface area contributed by atoms with E-state index in [1.807, 2.05) is 31.2 Å². The zero-order valence-electron chi connectivity index (χ0n) is 13.7. The third-order valence-corrected chi connectivity index (χ3v) is 4.65. The van der Waals surface area contributed by atoms with Gasteiger partial charge in [-0.25, -0.2) is 4.79 Å². The van der Waals surface area contributed by atoms with Crippen LogP contribution in [0.3, 0.4) is 0 Å². The average molecular weight is 318 g/mol. The number of nitrogens with one attached hydrogen (secondary N) is 2. The molecular weight excluding hydrogens is 292 g/mol. The minimum Gasteiger partial charge on any atom is -0.491 e. The van der Waals surface area contributed by atoms with E-state index in [1.165, 1.54) is 0 Å². The van der Waals surface area contributed by atoms with E-state index in [0.29, 0.717) is 18.6 Å². The summed E-state index contributed by atoms with van der Waals surface area (Å²) >= 11 is 0. The highest BCUT2D eigenvalue weighted by Gasteiger charge is 2.29. The molecule has 5 nitrogen and oxygen atoms in total. The van der Waals surface area contributed by atoms with Crippen molar-refractivity contribution in [2.45, 2.75) is 44.8 Å². The lowest BCUT2D eigenvalue weighted by atomic mass is 9.80. The van der Waals surface area contributed by atoms with Gasteiger partial charge in [0.15, 0.2) is 0 Å². The molecule has 1 aromatic rings. The quantitative estimate of drug-likeness (QED) is 0.847. The molecule has 2 amide bonds. The maximum Gasteiger partial charge on any atom is 0.315 e. The van der Waals surface area contributed by atoms with Crippen molar-refractivity contribution >= 4 is 6.03 Å². The van der Waals surface area contributed by atoms with Crippen LogP contribution in [-0.4, -0.2) is 37.9 Å². The highest BCUT2D eigenvalue weighted by molar-refractivity contribution is 5.74. The number of amides is 2. The van der Waals surface area contributed by atoms with E-state index in [4.69, 9.17) is 9.47 Å². The van der Waals surface area contributed by atoms with E-state index in [1.54, 1.807) is 0 Å². The number of benzene rings is 1. The average Bonchev–Trinajstić information content (AvgIpc) is 2.52. The molecule has 0 bridgehead atoms. The summed E-state index contributed by atoms with van der Waals surface area (Å²) in [7, 11) is 0. The zero-order chi connectivity index (χ0) is 16.1. The highest BCUT2D eigenvalue weighted by Crippen LogP contribution is 2.32. The molecule has 1 aromatic carbocycles. The molecule has 1 fully saturated rings. The molecular formula is C18H26N2O3. The van der Waals surface area contributed by atoms with Crippen LogP contribution in [0, 0.1) is 5.92 Å². The predicted octanol–water partition coefficient (Wildman–Crippen LogP) is 2.49. The van der Waals surface area contributed by atoms with Crippen LogP contribution in [0.2, 0.25) is 0 Å². The first-order chi connectivity index (χ1) is 11.2. The molecule has 0 saturated heterocycles. The summed E-state index contributed by atoms with van der Waals surface area (Å²) in [5.41, 5.74) is 1.15. The molecule has 3 rings (SSSR count). The van der Waals surface area contributed by atoms with Crippen LogP contribution in [0.5, 0.6) is 5.75 Å². The Labute approximate surface area is 137 Å². The second-order valence-corrected chi connectivity index (χ2v) is 6.42. The van der Waals surface area contributed by atoms with Gasteiger partial charge in [0, 0.05) is 13.2 Å². The number of rotatable bonds is 6. The Morgan fingerprint density at radius 3 is 3.00 bits per heavy atom. The van der Waals surface area contributed by atoms with E-state index in [0.717, 1.165) is 50.1 Å². The summed E-state index contributed by atoms with van der Waals surface area (Å²) < 4.78 is 11.2. The van der Waals surface area contributed by atoms with Gasteiger partial charge in [0.25, 0.3) is 0 Å². The molecule has 1 saturated carbocycles. The van der Waals surface area contributed by atoms with Crippen molar-refractivity contribution in [3.8, 4) is 5.75 Å². The van der Waals surface area contributed by atoms with Crippen LogP contribution in [0.1, 0.15) is 31.7 Å². The monoisotopic (exact) mass is 318 g/mol. The molecule has 126 valence electrons. The summed E-state index contributed by atoms with van der Waals surface area (Å²) in [4.78, 5) is 12.0. The van der Waals surface area contributed by atoms with Gasteiger partial charge >= 0.3 is 6.03 Å². The van der Waals surface area contributed by atoms with Crippen molar-refractivity contribution in [1.29, 1.82) is 0 Å². The fourth-order valence-electron chi connectivity index (χ4n) is 3.33. The first kappa shape index (κ1) is 16.1. The summed E-state index contributed by atoms with van der Waals surface area (Å²) in [6.45, 7) is 4.08. The molecule has 1 aliphatic heterocycles. The van der Waals surface area contributed by atoms with Gasteiger partial charge < -0.3 is 20.1 Å². The molecule has 0 spiro atoms. The van der Waals surface area contributed by atoms with Crippen LogP contribution >= 0.6 is 0 Å². The van der Waals surface area contributed by atoms with Gasteiger partial charge in [0.05, 0.1) is 12.1 Å². The minimum atomic E-state index is -0.0985. The molecule has 23 heavy (non-hydrogen) atoms. The minimum absolute atomic E-state index is 0.0379.